The lowest BCUT2D eigenvalue weighted by atomic mass is 9.81. The lowest BCUT2D eigenvalue weighted by Gasteiger charge is -2.30. The van der Waals surface area contributed by atoms with Gasteiger partial charge >= 0.3 is 0 Å². The van der Waals surface area contributed by atoms with E-state index in [0.717, 1.165) is 12.3 Å². The summed E-state index contributed by atoms with van der Waals surface area (Å²) in [6.45, 7) is 6.60. The summed E-state index contributed by atoms with van der Waals surface area (Å²) in [6.07, 6.45) is 14.7. The lowest BCUT2D eigenvalue weighted by molar-refractivity contribution is 0.273. The minimum atomic E-state index is -0.0484. The predicted molar refractivity (Wildman–Crippen MR) is 99.3 cm³/mol. The molecule has 3 heteroatoms. The molecule has 0 aliphatic carbocycles. The Hall–Kier alpha value is 0.730. The van der Waals surface area contributed by atoms with E-state index in [9.17, 15) is 0 Å². The Kier molecular flexibility index (Phi) is 16.9. The molecule has 0 radical (unpaired) electrons. The van der Waals surface area contributed by atoms with Crippen molar-refractivity contribution in [2.45, 2.75) is 96.9 Å². The van der Waals surface area contributed by atoms with Crippen LogP contribution in [-0.4, -0.2) is 11.4 Å². The maximum Gasteiger partial charge on any atom is 0.0223 e. The Balaban J connectivity index is 0. The molecule has 1 nitrogen and oxygen atoms in total. The Morgan fingerprint density at radius 1 is 0.850 bits per heavy atom. The van der Waals surface area contributed by atoms with E-state index in [-0.39, 0.29) is 22.5 Å². The van der Waals surface area contributed by atoms with Gasteiger partial charge in [-0.2, -0.15) is 0 Å². The van der Waals surface area contributed by atoms with Gasteiger partial charge in [-0.25, -0.2) is 0 Å². The lowest BCUT2D eigenvalue weighted by Crippen LogP contribution is -2.41. The van der Waals surface area contributed by atoms with E-state index in [2.05, 4.69) is 20.8 Å². The van der Waals surface area contributed by atoms with Crippen molar-refractivity contribution >= 4 is 28.6 Å². The molecule has 0 aliphatic rings. The van der Waals surface area contributed by atoms with Crippen LogP contribution in [0.5, 0.6) is 0 Å². The van der Waals surface area contributed by atoms with Crippen molar-refractivity contribution in [2.24, 2.45) is 11.7 Å². The summed E-state index contributed by atoms with van der Waals surface area (Å²) < 4.78 is 0. The number of hydrogen-bond donors (Lipinski definition) is 1. The second-order valence-corrected chi connectivity index (χ2v) is 6.99. The number of alkyl halides is 1. The number of unbranched alkanes of at least 4 members (excludes halogenated alkanes) is 7. The van der Waals surface area contributed by atoms with E-state index < -0.39 is 0 Å². The molecule has 2 N–H and O–H groups in total. The molecule has 0 aliphatic heterocycles. The minimum absolute atomic E-state index is 0. The number of hydrogen-bond acceptors (Lipinski definition) is 1. The first kappa shape index (κ1) is 23.0. The van der Waals surface area contributed by atoms with Crippen molar-refractivity contribution in [2.75, 3.05) is 5.88 Å². The van der Waals surface area contributed by atoms with Crippen molar-refractivity contribution in [1.82, 2.24) is 0 Å². The number of nitrogens with two attached hydrogens (primary N) is 1. The molecule has 0 saturated heterocycles. The van der Waals surface area contributed by atoms with E-state index >= 15 is 0 Å². The zero-order valence-corrected chi connectivity index (χ0v) is 16.4. The third-order valence-corrected chi connectivity index (χ3v) is 4.41. The van der Waals surface area contributed by atoms with Crippen LogP contribution in [0.3, 0.4) is 0 Å². The molecule has 0 heterocycles. The SMILES string of the molecule is Br.CCCCCCCCCCC(CCCCl)C(C)(C)N. The molecule has 1 atom stereocenters. The Morgan fingerprint density at radius 3 is 1.75 bits per heavy atom. The highest BCUT2D eigenvalue weighted by molar-refractivity contribution is 8.93. The smallest absolute Gasteiger partial charge is 0.0223 e. The van der Waals surface area contributed by atoms with Crippen LogP contribution in [0.4, 0.5) is 0 Å². The van der Waals surface area contributed by atoms with Crippen molar-refractivity contribution in [3.63, 3.8) is 0 Å². The van der Waals surface area contributed by atoms with Crippen LogP contribution < -0.4 is 5.73 Å². The van der Waals surface area contributed by atoms with Crippen molar-refractivity contribution in [1.29, 1.82) is 0 Å². The van der Waals surface area contributed by atoms with Gasteiger partial charge in [0.25, 0.3) is 0 Å². The van der Waals surface area contributed by atoms with Gasteiger partial charge in [-0.05, 0) is 39.0 Å². The third kappa shape index (κ3) is 13.7. The zero-order valence-electron chi connectivity index (χ0n) is 13.9. The number of halogens is 2. The van der Waals surface area contributed by atoms with Crippen LogP contribution in [0.1, 0.15) is 91.4 Å². The minimum Gasteiger partial charge on any atom is -0.325 e. The van der Waals surface area contributed by atoms with Gasteiger partial charge in [0.1, 0.15) is 0 Å². The first-order chi connectivity index (χ1) is 9.02. The quantitative estimate of drug-likeness (QED) is 0.292. The van der Waals surface area contributed by atoms with Gasteiger partial charge in [0.05, 0.1) is 0 Å². The summed E-state index contributed by atoms with van der Waals surface area (Å²) >= 11 is 5.80. The highest BCUT2D eigenvalue weighted by Crippen LogP contribution is 2.26. The summed E-state index contributed by atoms with van der Waals surface area (Å²) in [7, 11) is 0. The van der Waals surface area contributed by atoms with Gasteiger partial charge in [0.2, 0.25) is 0 Å². The van der Waals surface area contributed by atoms with Gasteiger partial charge in [-0.1, -0.05) is 58.3 Å². The van der Waals surface area contributed by atoms with Crippen molar-refractivity contribution in [3.05, 3.63) is 0 Å². The fourth-order valence-corrected chi connectivity index (χ4v) is 2.89. The van der Waals surface area contributed by atoms with E-state index in [1.165, 1.54) is 64.2 Å². The molecule has 124 valence electrons. The molecule has 0 aromatic rings. The summed E-state index contributed by atoms with van der Waals surface area (Å²) in [4.78, 5) is 0. The molecule has 0 rings (SSSR count). The zero-order chi connectivity index (χ0) is 14.6. The second kappa shape index (κ2) is 14.7. The maximum absolute atomic E-state index is 6.27. The van der Waals surface area contributed by atoms with Crippen molar-refractivity contribution < 1.29 is 0 Å². The molecule has 0 fully saturated rings. The molecule has 0 amide bonds. The van der Waals surface area contributed by atoms with E-state index in [0.29, 0.717) is 5.92 Å². The summed E-state index contributed by atoms with van der Waals surface area (Å²) in [5.41, 5.74) is 6.22. The number of rotatable bonds is 13. The third-order valence-electron chi connectivity index (χ3n) is 4.14. The standard InChI is InChI=1S/C17H36ClN.BrH/c1-4-5-6-7-8-9-10-11-13-16(14-12-15-18)17(2,3)19;/h16H,4-15,19H2,1-3H3;1H. The first-order valence-electron chi connectivity index (χ1n) is 8.37. The Bertz CT molecular complexity index is 192. The highest BCUT2D eigenvalue weighted by atomic mass is 79.9. The first-order valence-corrected chi connectivity index (χ1v) is 8.90. The molecular weight excluding hydrogens is 334 g/mol. The van der Waals surface area contributed by atoms with Gasteiger partial charge in [-0.3, -0.25) is 0 Å². The molecule has 1 unspecified atom stereocenters. The summed E-state index contributed by atoms with van der Waals surface area (Å²) in [5, 5.41) is 0. The molecule has 0 spiro atoms. The second-order valence-electron chi connectivity index (χ2n) is 6.61. The summed E-state index contributed by atoms with van der Waals surface area (Å²) in [5.74, 6) is 1.40. The van der Waals surface area contributed by atoms with E-state index in [1.807, 2.05) is 0 Å². The largest absolute Gasteiger partial charge is 0.325 e. The molecule has 0 aromatic heterocycles. The molecule has 0 aromatic carbocycles. The monoisotopic (exact) mass is 369 g/mol. The fourth-order valence-electron chi connectivity index (χ4n) is 2.74. The average molecular weight is 371 g/mol. The van der Waals surface area contributed by atoms with Crippen LogP contribution in [-0.2, 0) is 0 Å². The predicted octanol–water partition coefficient (Wildman–Crippen LogP) is 6.47. The van der Waals surface area contributed by atoms with E-state index in [1.54, 1.807) is 0 Å². The molecule has 0 bridgehead atoms. The van der Waals surface area contributed by atoms with Crippen molar-refractivity contribution in [3.8, 4) is 0 Å². The van der Waals surface area contributed by atoms with Gasteiger partial charge in [0, 0.05) is 11.4 Å². The molecule has 20 heavy (non-hydrogen) atoms. The van der Waals surface area contributed by atoms with Crippen LogP contribution in [0, 0.1) is 5.92 Å². The van der Waals surface area contributed by atoms with Gasteiger partial charge < -0.3 is 5.73 Å². The topological polar surface area (TPSA) is 26.0 Å². The Labute approximate surface area is 143 Å². The van der Waals surface area contributed by atoms with Gasteiger partial charge in [-0.15, -0.1) is 28.6 Å². The van der Waals surface area contributed by atoms with Crippen LogP contribution in [0.25, 0.3) is 0 Å². The van der Waals surface area contributed by atoms with Crippen LogP contribution in [0.15, 0.2) is 0 Å². The molecular formula is C17H37BrClN. The van der Waals surface area contributed by atoms with Crippen LogP contribution in [0.2, 0.25) is 0 Å². The van der Waals surface area contributed by atoms with Gasteiger partial charge in [0.15, 0.2) is 0 Å². The fraction of sp³-hybridized carbons (Fsp3) is 1.00. The van der Waals surface area contributed by atoms with Crippen LogP contribution >= 0.6 is 28.6 Å². The molecule has 0 saturated carbocycles. The Morgan fingerprint density at radius 2 is 1.30 bits per heavy atom. The van der Waals surface area contributed by atoms with E-state index in [4.69, 9.17) is 17.3 Å². The highest BCUT2D eigenvalue weighted by Gasteiger charge is 2.23. The maximum atomic E-state index is 6.27. The average Bonchev–Trinajstić information content (AvgIpc) is 2.34. The normalized spacial score (nSPS) is 13.1. The summed E-state index contributed by atoms with van der Waals surface area (Å²) in [6, 6.07) is 0.